The third-order valence-electron chi connectivity index (χ3n) is 4.01. The van der Waals surface area contributed by atoms with E-state index < -0.39 is 0 Å². The van der Waals surface area contributed by atoms with Crippen molar-refractivity contribution in [3.8, 4) is 0 Å². The van der Waals surface area contributed by atoms with Crippen LogP contribution in [0.25, 0.3) is 0 Å². The number of likely N-dealkylation sites (tertiary alicyclic amines) is 1. The molecule has 6 heteroatoms. The average molecular weight is 287 g/mol. The normalized spacial score (nSPS) is 24.7. The van der Waals surface area contributed by atoms with Gasteiger partial charge >= 0.3 is 0 Å². The minimum absolute atomic E-state index is 0. The SMILES string of the molecule is CC1CCN(C(=O)C(C)n2cccn2)CC1CN.Cl. The lowest BCUT2D eigenvalue weighted by molar-refractivity contribution is -0.137. The number of nitrogens with zero attached hydrogens (tertiary/aromatic N) is 3. The lowest BCUT2D eigenvalue weighted by Crippen LogP contribution is -2.47. The van der Waals surface area contributed by atoms with Crippen molar-refractivity contribution in [2.75, 3.05) is 19.6 Å². The fourth-order valence-corrected chi connectivity index (χ4v) is 2.54. The Balaban J connectivity index is 0.00000180. The maximum Gasteiger partial charge on any atom is 0.247 e. The molecule has 1 aromatic heterocycles. The smallest absolute Gasteiger partial charge is 0.247 e. The summed E-state index contributed by atoms with van der Waals surface area (Å²) < 4.78 is 1.71. The van der Waals surface area contributed by atoms with Gasteiger partial charge in [-0.25, -0.2) is 0 Å². The Morgan fingerprint density at radius 1 is 1.58 bits per heavy atom. The molecule has 1 amide bonds. The van der Waals surface area contributed by atoms with E-state index in [1.54, 1.807) is 10.9 Å². The fourth-order valence-electron chi connectivity index (χ4n) is 2.54. The zero-order valence-corrected chi connectivity index (χ0v) is 12.3. The van der Waals surface area contributed by atoms with Crippen LogP contribution in [-0.2, 0) is 4.79 Å². The average Bonchev–Trinajstić information content (AvgIpc) is 2.91. The number of hydrogen-bond donors (Lipinski definition) is 1. The summed E-state index contributed by atoms with van der Waals surface area (Å²) in [5.74, 6) is 1.18. The number of nitrogens with two attached hydrogens (primary N) is 1. The third kappa shape index (κ3) is 3.48. The molecule has 1 aliphatic rings. The van der Waals surface area contributed by atoms with E-state index in [2.05, 4.69) is 12.0 Å². The largest absolute Gasteiger partial charge is 0.341 e. The van der Waals surface area contributed by atoms with Crippen LogP contribution in [0.2, 0.25) is 0 Å². The first kappa shape index (κ1) is 16.0. The molecule has 1 aromatic rings. The van der Waals surface area contributed by atoms with Crippen LogP contribution in [0.4, 0.5) is 0 Å². The number of hydrogen-bond acceptors (Lipinski definition) is 3. The number of rotatable bonds is 3. The first-order valence-corrected chi connectivity index (χ1v) is 6.61. The second-order valence-corrected chi connectivity index (χ2v) is 5.21. The van der Waals surface area contributed by atoms with Crippen LogP contribution in [0.5, 0.6) is 0 Å². The molecule has 0 aromatic carbocycles. The van der Waals surface area contributed by atoms with Gasteiger partial charge in [-0.3, -0.25) is 9.48 Å². The predicted octanol–water partition coefficient (Wildman–Crippen LogP) is 1.31. The van der Waals surface area contributed by atoms with Crippen molar-refractivity contribution in [3.05, 3.63) is 18.5 Å². The number of amides is 1. The molecule has 0 saturated carbocycles. The summed E-state index contributed by atoms with van der Waals surface area (Å²) in [5.41, 5.74) is 5.77. The molecule has 1 saturated heterocycles. The van der Waals surface area contributed by atoms with Crippen molar-refractivity contribution >= 4 is 18.3 Å². The van der Waals surface area contributed by atoms with Gasteiger partial charge in [-0.05, 0) is 37.8 Å². The van der Waals surface area contributed by atoms with E-state index in [0.717, 1.165) is 19.5 Å². The maximum atomic E-state index is 12.4. The fraction of sp³-hybridized carbons (Fsp3) is 0.692. The van der Waals surface area contributed by atoms with Crippen LogP contribution in [0.3, 0.4) is 0 Å². The predicted molar refractivity (Wildman–Crippen MR) is 77.1 cm³/mol. The van der Waals surface area contributed by atoms with Crippen LogP contribution in [0.1, 0.15) is 26.3 Å². The zero-order chi connectivity index (χ0) is 13.1. The molecule has 1 fully saturated rings. The summed E-state index contributed by atoms with van der Waals surface area (Å²) in [7, 11) is 0. The Morgan fingerprint density at radius 2 is 2.32 bits per heavy atom. The molecule has 1 aliphatic heterocycles. The van der Waals surface area contributed by atoms with Crippen molar-refractivity contribution in [1.82, 2.24) is 14.7 Å². The third-order valence-corrected chi connectivity index (χ3v) is 4.01. The molecular weight excluding hydrogens is 264 g/mol. The summed E-state index contributed by atoms with van der Waals surface area (Å²) in [5, 5.41) is 4.13. The van der Waals surface area contributed by atoms with Gasteiger partial charge in [0.15, 0.2) is 0 Å². The number of carbonyl (C=O) groups is 1. The second kappa shape index (κ2) is 6.91. The molecule has 5 nitrogen and oxygen atoms in total. The van der Waals surface area contributed by atoms with E-state index in [1.165, 1.54) is 0 Å². The van der Waals surface area contributed by atoms with Crippen molar-refractivity contribution in [2.45, 2.75) is 26.3 Å². The molecule has 2 rings (SSSR count). The summed E-state index contributed by atoms with van der Waals surface area (Å²) in [6.07, 6.45) is 4.57. The van der Waals surface area contributed by atoms with Crippen LogP contribution in [-0.4, -0.2) is 40.2 Å². The van der Waals surface area contributed by atoms with Crippen molar-refractivity contribution in [1.29, 1.82) is 0 Å². The standard InChI is InChI=1S/C13H22N4O.ClH/c1-10-4-7-16(9-12(10)8-14)13(18)11(2)17-6-3-5-15-17;/h3,5-6,10-12H,4,7-9,14H2,1-2H3;1H. The van der Waals surface area contributed by atoms with E-state index in [0.29, 0.717) is 18.4 Å². The lowest BCUT2D eigenvalue weighted by atomic mass is 9.87. The number of carbonyl (C=O) groups excluding carboxylic acids is 1. The molecule has 19 heavy (non-hydrogen) atoms. The van der Waals surface area contributed by atoms with Gasteiger partial charge in [0.25, 0.3) is 0 Å². The van der Waals surface area contributed by atoms with Gasteiger partial charge in [0.1, 0.15) is 6.04 Å². The highest BCUT2D eigenvalue weighted by atomic mass is 35.5. The van der Waals surface area contributed by atoms with Crippen LogP contribution >= 0.6 is 12.4 Å². The van der Waals surface area contributed by atoms with Gasteiger partial charge in [-0.1, -0.05) is 6.92 Å². The van der Waals surface area contributed by atoms with Gasteiger partial charge in [-0.15, -0.1) is 12.4 Å². The Bertz CT molecular complexity index is 395. The highest BCUT2D eigenvalue weighted by Crippen LogP contribution is 2.24. The summed E-state index contributed by atoms with van der Waals surface area (Å²) in [6, 6.07) is 1.61. The Hall–Kier alpha value is -1.07. The molecule has 0 aliphatic carbocycles. The number of halogens is 1. The summed E-state index contributed by atoms with van der Waals surface area (Å²) in [4.78, 5) is 14.3. The molecule has 108 valence electrons. The van der Waals surface area contributed by atoms with Gasteiger partial charge in [0, 0.05) is 25.5 Å². The summed E-state index contributed by atoms with van der Waals surface area (Å²) >= 11 is 0. The Labute approximate surface area is 120 Å². The van der Waals surface area contributed by atoms with E-state index in [4.69, 9.17) is 5.73 Å². The number of piperidine rings is 1. The van der Waals surface area contributed by atoms with Crippen molar-refractivity contribution in [3.63, 3.8) is 0 Å². The minimum Gasteiger partial charge on any atom is -0.341 e. The highest BCUT2D eigenvalue weighted by molar-refractivity contribution is 5.85. The Kier molecular flexibility index (Phi) is 5.82. The summed E-state index contributed by atoms with van der Waals surface area (Å²) in [6.45, 7) is 6.38. The molecule has 0 bridgehead atoms. The molecule has 3 atom stereocenters. The minimum atomic E-state index is -0.230. The van der Waals surface area contributed by atoms with Gasteiger partial charge in [-0.2, -0.15) is 5.10 Å². The zero-order valence-electron chi connectivity index (χ0n) is 11.5. The first-order valence-electron chi connectivity index (χ1n) is 6.61. The molecule has 2 N–H and O–H groups in total. The molecule has 0 spiro atoms. The van der Waals surface area contributed by atoms with Crippen LogP contribution < -0.4 is 5.73 Å². The van der Waals surface area contributed by atoms with Crippen LogP contribution in [0, 0.1) is 11.8 Å². The van der Waals surface area contributed by atoms with Crippen molar-refractivity contribution < 1.29 is 4.79 Å². The van der Waals surface area contributed by atoms with E-state index in [1.807, 2.05) is 24.1 Å². The van der Waals surface area contributed by atoms with Gasteiger partial charge in [0.05, 0.1) is 0 Å². The monoisotopic (exact) mass is 286 g/mol. The number of aromatic nitrogens is 2. The van der Waals surface area contributed by atoms with Gasteiger partial charge < -0.3 is 10.6 Å². The molecule has 0 radical (unpaired) electrons. The van der Waals surface area contributed by atoms with E-state index in [9.17, 15) is 4.79 Å². The highest BCUT2D eigenvalue weighted by Gasteiger charge is 2.30. The lowest BCUT2D eigenvalue weighted by Gasteiger charge is -2.37. The molecular formula is C13H23ClN4O. The molecule has 2 heterocycles. The van der Waals surface area contributed by atoms with Gasteiger partial charge in [0.2, 0.25) is 5.91 Å². The Morgan fingerprint density at radius 3 is 2.89 bits per heavy atom. The quantitative estimate of drug-likeness (QED) is 0.911. The van der Waals surface area contributed by atoms with Crippen molar-refractivity contribution in [2.24, 2.45) is 17.6 Å². The maximum absolute atomic E-state index is 12.4. The van der Waals surface area contributed by atoms with E-state index >= 15 is 0 Å². The molecule has 3 unspecified atom stereocenters. The van der Waals surface area contributed by atoms with E-state index in [-0.39, 0.29) is 24.4 Å². The topological polar surface area (TPSA) is 64.2 Å². The second-order valence-electron chi connectivity index (χ2n) is 5.21. The van der Waals surface area contributed by atoms with Crippen LogP contribution in [0.15, 0.2) is 18.5 Å². The first-order chi connectivity index (χ1) is 8.63.